The fraction of sp³-hybridized carbons (Fsp3) is 0.333. The Balaban J connectivity index is 0.000000431. The molecular weight excluding hydrogens is 427 g/mol. The molecule has 0 spiro atoms. The number of nitrogens with zero attached hydrogens (tertiary/aromatic N) is 3. The highest BCUT2D eigenvalue weighted by atomic mass is 35.5. The van der Waals surface area contributed by atoms with E-state index in [1.165, 1.54) is 11.3 Å². The summed E-state index contributed by atoms with van der Waals surface area (Å²) in [6, 6.07) is 7.76. The third-order valence-corrected chi connectivity index (χ3v) is 6.05. The van der Waals surface area contributed by atoms with Crippen molar-refractivity contribution >= 4 is 40.6 Å². The number of fused-ring (bicyclic) bond motifs is 3. The molecule has 1 N–H and O–H groups in total. The maximum atomic E-state index is 6.11. The van der Waals surface area contributed by atoms with Gasteiger partial charge in [-0.25, -0.2) is 9.50 Å². The molecule has 0 radical (unpaired) electrons. The molecule has 0 saturated heterocycles. The Kier molecular flexibility index (Phi) is 7.46. The standard InChI is InChI=1S/C17H17ClN4OS.C4H7Cl/c1-10-13-9-19-7-6-14(13)22-16(20-10)15(17(21-22)23-2)24-12-5-3-4-11(18)8-12;1-3-4(2)5/h3-5,8,19H,6-7,9H2,1-2H3;3H,1-2H3/b;4-3+. The first-order valence-electron chi connectivity index (χ1n) is 9.32. The molecule has 1 aliphatic heterocycles. The van der Waals surface area contributed by atoms with Crippen molar-refractivity contribution in [1.29, 1.82) is 0 Å². The average molecular weight is 451 g/mol. The van der Waals surface area contributed by atoms with Crippen LogP contribution in [0.1, 0.15) is 30.8 Å². The Hall–Kier alpha value is -1.73. The van der Waals surface area contributed by atoms with Crippen molar-refractivity contribution < 1.29 is 4.74 Å². The van der Waals surface area contributed by atoms with Crippen LogP contribution in [0.25, 0.3) is 5.65 Å². The fourth-order valence-corrected chi connectivity index (χ4v) is 4.26. The van der Waals surface area contributed by atoms with E-state index in [0.717, 1.165) is 45.7 Å². The van der Waals surface area contributed by atoms with Gasteiger partial charge >= 0.3 is 0 Å². The summed E-state index contributed by atoms with van der Waals surface area (Å²) in [5.41, 5.74) is 4.33. The van der Waals surface area contributed by atoms with Crippen LogP contribution in [0, 0.1) is 6.92 Å². The number of aromatic nitrogens is 3. The van der Waals surface area contributed by atoms with E-state index in [9.17, 15) is 0 Å². The van der Waals surface area contributed by atoms with E-state index in [0.29, 0.717) is 10.9 Å². The van der Waals surface area contributed by atoms with Gasteiger partial charge in [0.2, 0.25) is 5.88 Å². The Morgan fingerprint density at radius 3 is 2.79 bits per heavy atom. The summed E-state index contributed by atoms with van der Waals surface area (Å²) in [6.45, 7) is 7.59. The minimum absolute atomic E-state index is 0.596. The zero-order valence-electron chi connectivity index (χ0n) is 16.9. The van der Waals surface area contributed by atoms with Crippen LogP contribution < -0.4 is 10.1 Å². The lowest BCUT2D eigenvalue weighted by molar-refractivity contribution is 0.385. The van der Waals surface area contributed by atoms with Crippen molar-refractivity contribution in [2.24, 2.45) is 0 Å². The largest absolute Gasteiger partial charge is 0.479 e. The monoisotopic (exact) mass is 450 g/mol. The van der Waals surface area contributed by atoms with Crippen molar-refractivity contribution in [3.8, 4) is 5.88 Å². The van der Waals surface area contributed by atoms with Crippen molar-refractivity contribution in [3.05, 3.63) is 57.3 Å². The lowest BCUT2D eigenvalue weighted by atomic mass is 10.1. The Morgan fingerprint density at radius 2 is 2.14 bits per heavy atom. The van der Waals surface area contributed by atoms with Crippen LogP contribution in [-0.2, 0) is 13.0 Å². The zero-order valence-corrected chi connectivity index (χ0v) is 19.3. The van der Waals surface area contributed by atoms with E-state index < -0.39 is 0 Å². The molecule has 2 aromatic heterocycles. The molecular formula is C21H24Cl2N4OS. The third kappa shape index (κ3) is 5.07. The lowest BCUT2D eigenvalue weighted by Crippen LogP contribution is -2.27. The van der Waals surface area contributed by atoms with Crippen LogP contribution in [-0.4, -0.2) is 28.3 Å². The minimum atomic E-state index is 0.596. The number of ether oxygens (including phenoxy) is 1. The third-order valence-electron chi connectivity index (χ3n) is 4.55. The molecule has 0 bridgehead atoms. The molecule has 0 amide bonds. The van der Waals surface area contributed by atoms with Gasteiger partial charge in [-0.1, -0.05) is 47.1 Å². The zero-order chi connectivity index (χ0) is 21.0. The number of aryl methyl sites for hydroxylation is 1. The summed E-state index contributed by atoms with van der Waals surface area (Å²) in [7, 11) is 1.64. The quantitative estimate of drug-likeness (QED) is 0.558. The first kappa shape index (κ1) is 22.0. The second kappa shape index (κ2) is 9.85. The van der Waals surface area contributed by atoms with E-state index in [1.807, 2.05) is 48.7 Å². The van der Waals surface area contributed by atoms with Gasteiger partial charge in [0.1, 0.15) is 4.90 Å². The maximum Gasteiger partial charge on any atom is 0.249 e. The highest BCUT2D eigenvalue weighted by Gasteiger charge is 2.23. The van der Waals surface area contributed by atoms with Gasteiger partial charge in [-0.05, 0) is 39.0 Å². The molecule has 0 atom stereocenters. The average Bonchev–Trinajstić information content (AvgIpc) is 3.06. The molecule has 0 unspecified atom stereocenters. The number of allylic oxidation sites excluding steroid dienone is 2. The Labute approximate surface area is 185 Å². The summed E-state index contributed by atoms with van der Waals surface area (Å²) in [5, 5.41) is 9.61. The molecule has 5 nitrogen and oxygen atoms in total. The van der Waals surface area contributed by atoms with Crippen LogP contribution >= 0.6 is 35.0 Å². The Morgan fingerprint density at radius 1 is 1.38 bits per heavy atom. The van der Waals surface area contributed by atoms with Crippen LogP contribution in [0.2, 0.25) is 5.02 Å². The summed E-state index contributed by atoms with van der Waals surface area (Å²) in [4.78, 5) is 6.76. The van der Waals surface area contributed by atoms with Gasteiger partial charge in [0.05, 0.1) is 12.8 Å². The number of hydrogen-bond donors (Lipinski definition) is 1. The Bertz CT molecular complexity index is 1040. The summed E-state index contributed by atoms with van der Waals surface area (Å²) in [5.74, 6) is 0.596. The van der Waals surface area contributed by atoms with E-state index in [4.69, 9.17) is 32.9 Å². The molecule has 29 heavy (non-hydrogen) atoms. The fourth-order valence-electron chi connectivity index (χ4n) is 3.00. The van der Waals surface area contributed by atoms with Crippen LogP contribution in [0.5, 0.6) is 5.88 Å². The molecule has 0 saturated carbocycles. The van der Waals surface area contributed by atoms with Crippen LogP contribution in [0.15, 0.2) is 45.2 Å². The van der Waals surface area contributed by atoms with E-state index in [-0.39, 0.29) is 0 Å². The van der Waals surface area contributed by atoms with Gasteiger partial charge in [0.15, 0.2) is 5.65 Å². The molecule has 1 aromatic carbocycles. The van der Waals surface area contributed by atoms with Crippen molar-refractivity contribution in [1.82, 2.24) is 19.9 Å². The number of benzene rings is 1. The van der Waals surface area contributed by atoms with Gasteiger partial charge in [-0.15, -0.1) is 5.10 Å². The van der Waals surface area contributed by atoms with E-state index in [1.54, 1.807) is 18.9 Å². The highest BCUT2D eigenvalue weighted by molar-refractivity contribution is 7.99. The van der Waals surface area contributed by atoms with Crippen molar-refractivity contribution in [3.63, 3.8) is 0 Å². The van der Waals surface area contributed by atoms with Crippen molar-refractivity contribution in [2.45, 2.75) is 43.5 Å². The minimum Gasteiger partial charge on any atom is -0.479 e. The molecule has 3 aromatic rings. The lowest BCUT2D eigenvalue weighted by Gasteiger charge is -2.19. The first-order chi connectivity index (χ1) is 13.9. The molecule has 8 heteroatoms. The highest BCUT2D eigenvalue weighted by Crippen LogP contribution is 2.39. The molecule has 4 rings (SSSR count). The van der Waals surface area contributed by atoms with Gasteiger partial charge in [0, 0.05) is 45.7 Å². The number of rotatable bonds is 3. The van der Waals surface area contributed by atoms with Crippen LogP contribution in [0.3, 0.4) is 0 Å². The molecule has 0 aliphatic carbocycles. The SMILES string of the molecule is C/C=C(\C)Cl.COc1nn2c3c(c(C)nc2c1Sc1cccc(Cl)c1)CNCC3. The van der Waals surface area contributed by atoms with Gasteiger partial charge in [0.25, 0.3) is 0 Å². The maximum absolute atomic E-state index is 6.11. The molecule has 3 heterocycles. The number of halogens is 2. The summed E-state index contributed by atoms with van der Waals surface area (Å²) >= 11 is 13.0. The topological polar surface area (TPSA) is 51.5 Å². The number of nitrogens with one attached hydrogen (secondary N) is 1. The van der Waals surface area contributed by atoms with E-state index in [2.05, 4.69) is 17.3 Å². The van der Waals surface area contributed by atoms with Crippen LogP contribution in [0.4, 0.5) is 0 Å². The number of methoxy groups -OCH3 is 1. The first-order valence-corrected chi connectivity index (χ1v) is 10.9. The second-order valence-corrected chi connectivity index (χ2v) is 8.67. The van der Waals surface area contributed by atoms with Crippen molar-refractivity contribution in [2.75, 3.05) is 13.7 Å². The second-order valence-electron chi connectivity index (χ2n) is 6.56. The molecule has 0 fully saturated rings. The van der Waals surface area contributed by atoms with Gasteiger partial charge in [-0.3, -0.25) is 0 Å². The summed E-state index contributed by atoms with van der Waals surface area (Å²) in [6.07, 6.45) is 2.78. The number of hydrogen-bond acceptors (Lipinski definition) is 5. The predicted octanol–water partition coefficient (Wildman–Crippen LogP) is 5.65. The summed E-state index contributed by atoms with van der Waals surface area (Å²) < 4.78 is 7.46. The van der Waals surface area contributed by atoms with Gasteiger partial charge < -0.3 is 10.1 Å². The predicted molar refractivity (Wildman–Crippen MR) is 121 cm³/mol. The smallest absolute Gasteiger partial charge is 0.249 e. The van der Waals surface area contributed by atoms with E-state index >= 15 is 0 Å². The van der Waals surface area contributed by atoms with Gasteiger partial charge in [-0.2, -0.15) is 0 Å². The molecule has 1 aliphatic rings. The normalized spacial score (nSPS) is 13.7. The molecule has 154 valence electrons.